The van der Waals surface area contributed by atoms with Gasteiger partial charge in [0.1, 0.15) is 0 Å². The number of para-hydroxylation sites is 1. The van der Waals surface area contributed by atoms with Gasteiger partial charge in [-0.05, 0) is 31.7 Å². The van der Waals surface area contributed by atoms with Crippen LogP contribution in [0.25, 0.3) is 0 Å². The fourth-order valence-electron chi connectivity index (χ4n) is 2.80. The maximum absolute atomic E-state index is 13.1. The van der Waals surface area contributed by atoms with Crippen molar-refractivity contribution in [3.05, 3.63) is 63.7 Å². The van der Waals surface area contributed by atoms with Gasteiger partial charge in [0.15, 0.2) is 0 Å². The van der Waals surface area contributed by atoms with Crippen molar-refractivity contribution in [2.45, 2.75) is 20.0 Å². The van der Waals surface area contributed by atoms with Gasteiger partial charge in [0.2, 0.25) is 11.8 Å². The Morgan fingerprint density at radius 3 is 2.26 bits per heavy atom. The molecule has 2 aromatic carbocycles. The monoisotopic (exact) mass is 438 g/mol. The number of carbonyl (C=O) groups excluding carboxylic acids is 2. The zero-order valence-corrected chi connectivity index (χ0v) is 16.8. The molecule has 2 amide bonds. The number of anilines is 2. The first kappa shape index (κ1) is 23.8. The van der Waals surface area contributed by atoms with Crippen LogP contribution in [-0.2, 0) is 15.8 Å². The molecule has 0 aliphatic rings. The number of nitro groups is 1. The molecule has 8 nitrogen and oxygen atoms in total. The van der Waals surface area contributed by atoms with Crippen molar-refractivity contribution in [3.63, 3.8) is 0 Å². The number of nitrogens with one attached hydrogen (secondary N) is 2. The van der Waals surface area contributed by atoms with E-state index in [4.69, 9.17) is 0 Å². The Hall–Kier alpha value is -3.47. The molecule has 0 aliphatic heterocycles. The third kappa shape index (κ3) is 6.78. The average molecular weight is 438 g/mol. The van der Waals surface area contributed by atoms with Crippen molar-refractivity contribution in [1.29, 1.82) is 0 Å². The Balaban J connectivity index is 1.99. The van der Waals surface area contributed by atoms with Crippen molar-refractivity contribution in [2.75, 3.05) is 30.3 Å². The van der Waals surface area contributed by atoms with E-state index in [2.05, 4.69) is 10.6 Å². The van der Waals surface area contributed by atoms with E-state index in [1.165, 1.54) is 35.2 Å². The Morgan fingerprint density at radius 1 is 1.06 bits per heavy atom. The minimum atomic E-state index is -4.62. The molecule has 0 saturated heterocycles. The Morgan fingerprint density at radius 2 is 1.68 bits per heavy atom. The normalized spacial score (nSPS) is 11.3. The highest BCUT2D eigenvalue weighted by Gasteiger charge is 2.33. The first-order chi connectivity index (χ1) is 14.5. The molecular formula is C20H21F3N4O4. The molecule has 0 aromatic heterocycles. The summed E-state index contributed by atoms with van der Waals surface area (Å²) < 4.78 is 39.2. The summed E-state index contributed by atoms with van der Waals surface area (Å²) in [7, 11) is 0. The van der Waals surface area contributed by atoms with Crippen LogP contribution < -0.4 is 10.6 Å². The van der Waals surface area contributed by atoms with E-state index in [-0.39, 0.29) is 36.7 Å². The van der Waals surface area contributed by atoms with Crippen LogP contribution in [0.15, 0.2) is 42.5 Å². The van der Waals surface area contributed by atoms with E-state index >= 15 is 0 Å². The van der Waals surface area contributed by atoms with Crippen molar-refractivity contribution >= 4 is 28.9 Å². The number of likely N-dealkylation sites (N-methyl/N-ethyl adjacent to an activating group) is 1. The summed E-state index contributed by atoms with van der Waals surface area (Å²) in [5.41, 5.74) is -0.818. The van der Waals surface area contributed by atoms with Gasteiger partial charge in [-0.2, -0.15) is 13.2 Å². The van der Waals surface area contributed by atoms with Gasteiger partial charge in [0, 0.05) is 17.3 Å². The van der Waals surface area contributed by atoms with E-state index < -0.39 is 28.5 Å². The molecule has 2 aromatic rings. The highest BCUT2D eigenvalue weighted by Crippen LogP contribution is 2.34. The number of nitro benzene ring substituents is 1. The maximum atomic E-state index is 13.1. The molecule has 0 saturated carbocycles. The number of hydrogen-bond acceptors (Lipinski definition) is 5. The lowest BCUT2D eigenvalue weighted by Crippen LogP contribution is -2.38. The average Bonchev–Trinajstić information content (AvgIpc) is 2.68. The van der Waals surface area contributed by atoms with Crippen LogP contribution >= 0.6 is 0 Å². The molecule has 0 radical (unpaired) electrons. The smallest absolute Gasteiger partial charge is 0.325 e. The summed E-state index contributed by atoms with van der Waals surface area (Å²) in [6.07, 6.45) is -4.62. The SMILES string of the molecule is CCN(CC(=O)Nc1ccc(C)c([N+](=O)[O-])c1)CC(=O)Nc1ccccc1C(F)(F)F. The fourth-order valence-corrected chi connectivity index (χ4v) is 2.80. The molecule has 0 atom stereocenters. The lowest BCUT2D eigenvalue weighted by Gasteiger charge is -2.20. The van der Waals surface area contributed by atoms with Gasteiger partial charge in [-0.25, -0.2) is 0 Å². The maximum Gasteiger partial charge on any atom is 0.418 e. The van der Waals surface area contributed by atoms with Gasteiger partial charge in [-0.3, -0.25) is 24.6 Å². The van der Waals surface area contributed by atoms with Crippen molar-refractivity contribution in [2.24, 2.45) is 0 Å². The summed E-state index contributed by atoms with van der Waals surface area (Å²) in [6.45, 7) is 2.98. The predicted octanol–water partition coefficient (Wildman–Crippen LogP) is 3.82. The molecular weight excluding hydrogens is 417 g/mol. The summed E-state index contributed by atoms with van der Waals surface area (Å²) in [5, 5.41) is 15.8. The third-order valence-corrected chi connectivity index (χ3v) is 4.38. The highest BCUT2D eigenvalue weighted by molar-refractivity contribution is 5.95. The number of rotatable bonds is 8. The minimum Gasteiger partial charge on any atom is -0.325 e. The zero-order chi connectivity index (χ0) is 23.2. The van der Waals surface area contributed by atoms with Crippen LogP contribution in [0.4, 0.5) is 30.2 Å². The van der Waals surface area contributed by atoms with Crippen LogP contribution in [0.1, 0.15) is 18.1 Å². The summed E-state index contributed by atoms with van der Waals surface area (Å²) in [5.74, 6) is -1.24. The molecule has 0 aliphatic carbocycles. The highest BCUT2D eigenvalue weighted by atomic mass is 19.4. The number of carbonyl (C=O) groups is 2. The number of benzene rings is 2. The predicted molar refractivity (Wildman–Crippen MR) is 109 cm³/mol. The second-order valence-electron chi connectivity index (χ2n) is 6.70. The largest absolute Gasteiger partial charge is 0.418 e. The first-order valence-electron chi connectivity index (χ1n) is 9.24. The second-order valence-corrected chi connectivity index (χ2v) is 6.70. The van der Waals surface area contributed by atoms with Gasteiger partial charge in [-0.1, -0.05) is 25.1 Å². The van der Waals surface area contributed by atoms with E-state index in [1.807, 2.05) is 0 Å². The lowest BCUT2D eigenvalue weighted by molar-refractivity contribution is -0.385. The number of halogens is 3. The van der Waals surface area contributed by atoms with Crippen LogP contribution in [0.5, 0.6) is 0 Å². The lowest BCUT2D eigenvalue weighted by atomic mass is 10.1. The quantitative estimate of drug-likeness (QED) is 0.482. The molecule has 31 heavy (non-hydrogen) atoms. The topological polar surface area (TPSA) is 105 Å². The van der Waals surface area contributed by atoms with E-state index in [0.29, 0.717) is 5.56 Å². The van der Waals surface area contributed by atoms with Crippen molar-refractivity contribution < 1.29 is 27.7 Å². The zero-order valence-electron chi connectivity index (χ0n) is 16.8. The molecule has 0 spiro atoms. The molecule has 11 heteroatoms. The van der Waals surface area contributed by atoms with Crippen molar-refractivity contribution in [1.82, 2.24) is 4.90 Å². The number of amides is 2. The van der Waals surface area contributed by atoms with Crippen LogP contribution in [-0.4, -0.2) is 41.3 Å². The van der Waals surface area contributed by atoms with Crippen molar-refractivity contribution in [3.8, 4) is 0 Å². The first-order valence-corrected chi connectivity index (χ1v) is 9.24. The molecule has 2 rings (SSSR count). The Bertz CT molecular complexity index is 979. The Kier molecular flexibility index (Phi) is 7.70. The summed E-state index contributed by atoms with van der Waals surface area (Å²) in [4.78, 5) is 36.4. The van der Waals surface area contributed by atoms with Gasteiger partial charge in [0.25, 0.3) is 5.69 Å². The van der Waals surface area contributed by atoms with Crippen LogP contribution in [0.2, 0.25) is 0 Å². The van der Waals surface area contributed by atoms with Gasteiger partial charge < -0.3 is 10.6 Å². The minimum absolute atomic E-state index is 0.146. The van der Waals surface area contributed by atoms with E-state index in [9.17, 15) is 32.9 Å². The Labute approximate surface area is 176 Å². The van der Waals surface area contributed by atoms with Crippen LogP contribution in [0.3, 0.4) is 0 Å². The fraction of sp³-hybridized carbons (Fsp3) is 0.300. The number of hydrogen-bond donors (Lipinski definition) is 2. The molecule has 0 unspecified atom stereocenters. The van der Waals surface area contributed by atoms with Crippen LogP contribution in [0, 0.1) is 17.0 Å². The molecule has 0 fully saturated rings. The number of alkyl halides is 3. The van der Waals surface area contributed by atoms with Gasteiger partial charge in [-0.15, -0.1) is 0 Å². The van der Waals surface area contributed by atoms with E-state index in [1.54, 1.807) is 13.8 Å². The summed E-state index contributed by atoms with van der Waals surface area (Å²) in [6, 6.07) is 8.83. The standard InChI is InChI=1S/C20H21F3N4O4/c1-3-26(11-18(28)24-14-9-8-13(2)17(10-14)27(30)31)12-19(29)25-16-7-5-4-6-15(16)20(21,22)23/h4-10H,3,11-12H2,1-2H3,(H,24,28)(H,25,29). The third-order valence-electron chi connectivity index (χ3n) is 4.38. The van der Waals surface area contributed by atoms with E-state index in [0.717, 1.165) is 12.1 Å². The van der Waals surface area contributed by atoms with Gasteiger partial charge in [0.05, 0.1) is 29.3 Å². The summed E-state index contributed by atoms with van der Waals surface area (Å²) >= 11 is 0. The molecule has 2 N–H and O–H groups in total. The van der Waals surface area contributed by atoms with Gasteiger partial charge >= 0.3 is 6.18 Å². The molecule has 0 heterocycles. The number of nitrogens with zero attached hydrogens (tertiary/aromatic N) is 2. The molecule has 0 bridgehead atoms. The second kappa shape index (κ2) is 10.0. The molecule has 166 valence electrons. The number of aryl methyl sites for hydroxylation is 1.